The van der Waals surface area contributed by atoms with Crippen LogP contribution in [0.5, 0.6) is 23.0 Å². The monoisotopic (exact) mass is 418 g/mol. The lowest BCUT2D eigenvalue weighted by Crippen LogP contribution is -2.11. The maximum Gasteiger partial charge on any atom is 0.346 e. The lowest BCUT2D eigenvalue weighted by atomic mass is 10.1. The highest BCUT2D eigenvalue weighted by Crippen LogP contribution is 2.40. The molecule has 3 aromatic rings. The molecule has 0 aliphatic carbocycles. The van der Waals surface area contributed by atoms with Crippen LogP contribution in [0.2, 0.25) is 0 Å². The molecule has 2 aliphatic heterocycles. The molecular weight excluding hydrogens is 403 g/mol. The number of ether oxygens (including phenoxy) is 4. The van der Waals surface area contributed by atoms with Gasteiger partial charge in [0.15, 0.2) is 17.3 Å². The van der Waals surface area contributed by atoms with Gasteiger partial charge in [0, 0.05) is 5.56 Å². The molecule has 2 heterocycles. The first-order valence-electron chi connectivity index (χ1n) is 9.45. The Morgan fingerprint density at radius 3 is 2.71 bits per heavy atom. The van der Waals surface area contributed by atoms with Gasteiger partial charge in [0.1, 0.15) is 17.3 Å². The quantitative estimate of drug-likeness (QED) is 0.349. The number of ketones is 1. The third kappa shape index (κ3) is 3.30. The third-order valence-corrected chi connectivity index (χ3v) is 5.03. The number of hydrogen-bond donors (Lipinski definition) is 0. The summed E-state index contributed by atoms with van der Waals surface area (Å²) in [5.74, 6) is 0.0580. The van der Waals surface area contributed by atoms with Gasteiger partial charge in [-0.2, -0.15) is 0 Å². The average molecular weight is 418 g/mol. The summed E-state index contributed by atoms with van der Waals surface area (Å²) in [5, 5.41) is 0. The molecular formula is C24H15FO6. The van der Waals surface area contributed by atoms with Crippen molar-refractivity contribution in [1.82, 2.24) is 0 Å². The van der Waals surface area contributed by atoms with E-state index in [0.717, 1.165) is 0 Å². The van der Waals surface area contributed by atoms with E-state index in [-0.39, 0.29) is 29.6 Å². The number of esters is 1. The van der Waals surface area contributed by atoms with Crippen molar-refractivity contribution >= 4 is 17.8 Å². The van der Waals surface area contributed by atoms with Crippen LogP contribution < -0.4 is 18.9 Å². The van der Waals surface area contributed by atoms with Gasteiger partial charge < -0.3 is 18.9 Å². The summed E-state index contributed by atoms with van der Waals surface area (Å²) >= 11 is 0. The number of hydrogen-bond acceptors (Lipinski definition) is 6. The summed E-state index contributed by atoms with van der Waals surface area (Å²) in [4.78, 5) is 25.1. The number of fused-ring (bicyclic) bond motifs is 2. The first-order valence-corrected chi connectivity index (χ1v) is 9.45. The normalized spacial score (nSPS) is 15.0. The number of Topliss-reactive ketones (excluding diaryl/α,β-unsaturated/α-hetero) is 1. The summed E-state index contributed by atoms with van der Waals surface area (Å²) in [7, 11) is 0. The SMILES string of the molecule is Cc1c(OC(=O)c2ccccc2F)ccc2c1O/C(=C\c1ccc3c(c1)OCO3)C2=O. The third-order valence-electron chi connectivity index (χ3n) is 5.03. The topological polar surface area (TPSA) is 71.1 Å². The van der Waals surface area contributed by atoms with Crippen molar-refractivity contribution in [2.45, 2.75) is 6.92 Å². The molecule has 31 heavy (non-hydrogen) atoms. The zero-order valence-corrected chi connectivity index (χ0v) is 16.3. The fourth-order valence-corrected chi connectivity index (χ4v) is 3.41. The van der Waals surface area contributed by atoms with E-state index in [2.05, 4.69) is 0 Å². The maximum absolute atomic E-state index is 13.9. The molecule has 0 N–H and O–H groups in total. The number of benzene rings is 3. The predicted molar refractivity (Wildman–Crippen MR) is 108 cm³/mol. The second kappa shape index (κ2) is 7.28. The number of halogens is 1. The molecule has 0 saturated carbocycles. The first kappa shape index (κ1) is 18.9. The van der Waals surface area contributed by atoms with Crippen molar-refractivity contribution in [1.29, 1.82) is 0 Å². The number of rotatable bonds is 3. The smallest absolute Gasteiger partial charge is 0.346 e. The van der Waals surface area contributed by atoms with Gasteiger partial charge in [-0.25, -0.2) is 9.18 Å². The number of allylic oxidation sites excluding steroid dienone is 1. The van der Waals surface area contributed by atoms with E-state index in [0.29, 0.717) is 33.9 Å². The van der Waals surface area contributed by atoms with Crippen LogP contribution >= 0.6 is 0 Å². The van der Waals surface area contributed by atoms with Crippen LogP contribution in [0.4, 0.5) is 4.39 Å². The van der Waals surface area contributed by atoms with Gasteiger partial charge >= 0.3 is 5.97 Å². The molecule has 0 amide bonds. The second-order valence-electron chi connectivity index (χ2n) is 6.99. The molecule has 2 aliphatic rings. The van der Waals surface area contributed by atoms with E-state index >= 15 is 0 Å². The lowest BCUT2D eigenvalue weighted by molar-refractivity contribution is 0.0728. The highest BCUT2D eigenvalue weighted by molar-refractivity contribution is 6.15. The Kier molecular flexibility index (Phi) is 4.43. The Morgan fingerprint density at radius 1 is 1.06 bits per heavy atom. The number of carbonyl (C=O) groups is 2. The Morgan fingerprint density at radius 2 is 1.87 bits per heavy atom. The van der Waals surface area contributed by atoms with Gasteiger partial charge in [0.05, 0.1) is 11.1 Å². The van der Waals surface area contributed by atoms with Crippen LogP contribution in [0.3, 0.4) is 0 Å². The standard InChI is InChI=1S/C24H15FO6/c1-13-18(31-24(27)15-4-2-3-5-17(15)25)9-7-16-22(26)21(30-23(13)16)11-14-6-8-19-20(10-14)29-12-28-19/h2-11H,12H2,1H3/b21-11-. The Bertz CT molecular complexity index is 1280. The molecule has 3 aromatic carbocycles. The zero-order chi connectivity index (χ0) is 21.5. The highest BCUT2D eigenvalue weighted by atomic mass is 19.1. The van der Waals surface area contributed by atoms with Crippen molar-refractivity contribution in [3.05, 3.63) is 88.4 Å². The molecule has 7 heteroatoms. The van der Waals surface area contributed by atoms with Crippen molar-refractivity contribution < 1.29 is 32.9 Å². The Labute approximate surface area is 176 Å². The van der Waals surface area contributed by atoms with E-state index in [1.807, 2.05) is 0 Å². The zero-order valence-electron chi connectivity index (χ0n) is 16.3. The van der Waals surface area contributed by atoms with Crippen LogP contribution in [0, 0.1) is 12.7 Å². The minimum atomic E-state index is -0.832. The molecule has 0 saturated heterocycles. The summed E-state index contributed by atoms with van der Waals surface area (Å²) in [6.45, 7) is 1.82. The molecule has 0 atom stereocenters. The van der Waals surface area contributed by atoms with Crippen LogP contribution in [0.25, 0.3) is 6.08 Å². The van der Waals surface area contributed by atoms with Crippen LogP contribution in [0.1, 0.15) is 31.8 Å². The molecule has 0 radical (unpaired) electrons. The van der Waals surface area contributed by atoms with E-state index in [4.69, 9.17) is 18.9 Å². The van der Waals surface area contributed by atoms with Gasteiger partial charge in [-0.1, -0.05) is 18.2 Å². The maximum atomic E-state index is 13.9. The molecule has 0 fully saturated rings. The lowest BCUT2D eigenvalue weighted by Gasteiger charge is -2.10. The molecule has 154 valence electrons. The first-order chi connectivity index (χ1) is 15.0. The minimum Gasteiger partial charge on any atom is -0.454 e. The summed E-state index contributed by atoms with van der Waals surface area (Å²) in [6, 6.07) is 13.9. The van der Waals surface area contributed by atoms with Gasteiger partial charge in [-0.15, -0.1) is 0 Å². The van der Waals surface area contributed by atoms with E-state index in [1.54, 1.807) is 37.3 Å². The molecule has 5 rings (SSSR count). The Hall–Kier alpha value is -4.13. The van der Waals surface area contributed by atoms with Crippen LogP contribution in [0.15, 0.2) is 60.4 Å². The van der Waals surface area contributed by atoms with Gasteiger partial charge in [-0.05, 0) is 55.0 Å². The molecule has 6 nitrogen and oxygen atoms in total. The highest BCUT2D eigenvalue weighted by Gasteiger charge is 2.31. The predicted octanol–water partition coefficient (Wildman–Crippen LogP) is 4.70. The largest absolute Gasteiger partial charge is 0.454 e. The molecule has 0 aromatic heterocycles. The summed E-state index contributed by atoms with van der Waals surface area (Å²) in [5.41, 5.74) is 1.35. The van der Waals surface area contributed by atoms with Crippen molar-refractivity contribution in [3.63, 3.8) is 0 Å². The van der Waals surface area contributed by atoms with Gasteiger partial charge in [0.25, 0.3) is 0 Å². The number of carbonyl (C=O) groups excluding carboxylic acids is 2. The van der Waals surface area contributed by atoms with E-state index in [9.17, 15) is 14.0 Å². The van der Waals surface area contributed by atoms with Crippen LogP contribution in [-0.2, 0) is 0 Å². The summed E-state index contributed by atoms with van der Waals surface area (Å²) < 4.78 is 35.7. The van der Waals surface area contributed by atoms with E-state index in [1.165, 1.54) is 30.3 Å². The van der Waals surface area contributed by atoms with Crippen molar-refractivity contribution in [3.8, 4) is 23.0 Å². The minimum absolute atomic E-state index is 0.134. The van der Waals surface area contributed by atoms with E-state index < -0.39 is 11.8 Å². The molecule has 0 bridgehead atoms. The molecule has 0 unspecified atom stereocenters. The average Bonchev–Trinajstić information content (AvgIpc) is 3.35. The van der Waals surface area contributed by atoms with Crippen molar-refractivity contribution in [2.75, 3.05) is 6.79 Å². The Balaban J connectivity index is 1.42. The fourth-order valence-electron chi connectivity index (χ4n) is 3.41. The van der Waals surface area contributed by atoms with Crippen molar-refractivity contribution in [2.24, 2.45) is 0 Å². The second-order valence-corrected chi connectivity index (χ2v) is 6.99. The van der Waals surface area contributed by atoms with Gasteiger partial charge in [-0.3, -0.25) is 4.79 Å². The fraction of sp³-hybridized carbons (Fsp3) is 0.0833. The van der Waals surface area contributed by atoms with Crippen LogP contribution in [-0.4, -0.2) is 18.5 Å². The molecule has 0 spiro atoms. The summed E-state index contributed by atoms with van der Waals surface area (Å²) in [6.07, 6.45) is 1.61. The van der Waals surface area contributed by atoms with Gasteiger partial charge in [0.2, 0.25) is 12.6 Å².